The van der Waals surface area contributed by atoms with Crippen LogP contribution < -0.4 is 15.0 Å². The molecule has 0 saturated carbocycles. The first-order chi connectivity index (χ1) is 12.4. The van der Waals surface area contributed by atoms with Crippen molar-refractivity contribution in [2.24, 2.45) is 0 Å². The molecule has 134 valence electrons. The van der Waals surface area contributed by atoms with Crippen molar-refractivity contribution in [2.75, 3.05) is 12.0 Å². The average molecular weight is 356 g/mol. The van der Waals surface area contributed by atoms with Crippen molar-refractivity contribution in [3.8, 4) is 5.75 Å². The quantitative estimate of drug-likeness (QED) is 0.838. The number of amides is 2. The topological polar surface area (TPSA) is 67.9 Å². The van der Waals surface area contributed by atoms with E-state index < -0.39 is 11.7 Å². The molecule has 4 rings (SSSR count). The maximum atomic E-state index is 13.2. The number of anilines is 1. The summed E-state index contributed by atoms with van der Waals surface area (Å²) in [7, 11) is 1.32. The van der Waals surface area contributed by atoms with Crippen LogP contribution in [0.1, 0.15) is 35.3 Å². The van der Waals surface area contributed by atoms with E-state index in [2.05, 4.69) is 5.32 Å². The van der Waals surface area contributed by atoms with Crippen molar-refractivity contribution >= 4 is 17.7 Å². The molecule has 2 atom stereocenters. The lowest BCUT2D eigenvalue weighted by Gasteiger charge is -2.50. The Bertz CT molecular complexity index is 899. The summed E-state index contributed by atoms with van der Waals surface area (Å²) in [5, 5.41) is 2.94. The molecular weight excluding hydrogens is 339 g/mol. The van der Waals surface area contributed by atoms with Gasteiger partial charge in [0.15, 0.2) is 5.72 Å². The van der Waals surface area contributed by atoms with Crippen LogP contribution in [-0.2, 0) is 4.74 Å². The fourth-order valence-electron chi connectivity index (χ4n) is 3.60. The third kappa shape index (κ3) is 2.47. The summed E-state index contributed by atoms with van der Waals surface area (Å²) in [5.74, 6) is -0.237. The molecule has 2 heterocycles. The molecule has 7 heteroatoms. The van der Waals surface area contributed by atoms with Crippen LogP contribution in [-0.4, -0.2) is 24.8 Å². The largest absolute Gasteiger partial charge is 0.467 e. The highest BCUT2D eigenvalue weighted by atomic mass is 19.1. The molecule has 0 aliphatic carbocycles. The number of carbonyl (C=O) groups excluding carboxylic acids is 2. The van der Waals surface area contributed by atoms with Gasteiger partial charge in [0.05, 0.1) is 18.7 Å². The van der Waals surface area contributed by atoms with Crippen LogP contribution in [0.5, 0.6) is 5.75 Å². The number of carbonyl (C=O) groups is 2. The van der Waals surface area contributed by atoms with E-state index in [0.717, 1.165) is 5.56 Å². The minimum Gasteiger partial charge on any atom is -0.467 e. The second kappa shape index (κ2) is 5.72. The van der Waals surface area contributed by atoms with Gasteiger partial charge >= 0.3 is 12.0 Å². The zero-order valence-electron chi connectivity index (χ0n) is 14.3. The number of urea groups is 1. The van der Waals surface area contributed by atoms with Gasteiger partial charge in [-0.3, -0.25) is 4.90 Å². The van der Waals surface area contributed by atoms with Crippen molar-refractivity contribution in [2.45, 2.75) is 25.1 Å². The fourth-order valence-corrected chi connectivity index (χ4v) is 3.60. The van der Waals surface area contributed by atoms with Crippen molar-refractivity contribution in [3.05, 3.63) is 59.4 Å². The lowest BCUT2D eigenvalue weighted by molar-refractivity contribution is 0.0377. The molecule has 0 spiro atoms. The second-order valence-corrected chi connectivity index (χ2v) is 6.54. The molecule has 0 unspecified atom stereocenters. The number of ether oxygens (including phenoxy) is 2. The minimum atomic E-state index is -0.926. The van der Waals surface area contributed by atoms with E-state index in [1.807, 2.05) is 6.92 Å². The Hall–Kier alpha value is -3.09. The van der Waals surface area contributed by atoms with Crippen LogP contribution in [0.25, 0.3) is 0 Å². The van der Waals surface area contributed by atoms with Crippen LogP contribution in [0.2, 0.25) is 0 Å². The molecule has 1 fully saturated rings. The molecule has 1 N–H and O–H groups in total. The first-order valence-electron chi connectivity index (χ1n) is 8.19. The number of fused-ring (bicyclic) bond motifs is 4. The summed E-state index contributed by atoms with van der Waals surface area (Å²) < 4.78 is 24.1. The van der Waals surface area contributed by atoms with Crippen molar-refractivity contribution in [1.29, 1.82) is 0 Å². The van der Waals surface area contributed by atoms with Crippen molar-refractivity contribution < 1.29 is 23.5 Å². The molecule has 2 aliphatic rings. The lowest BCUT2D eigenvalue weighted by atomic mass is 9.89. The van der Waals surface area contributed by atoms with Crippen LogP contribution in [0, 0.1) is 5.82 Å². The standard InChI is InChI=1S/C19H17FN2O4/c1-19-10-15(14-9-11(17(23)25-2)3-8-16(14)26-19)21-18(24)22(19)13-6-4-12(20)5-7-13/h3-9,15H,10H2,1-2H3,(H,21,24)/t15-,19+/m0/s1. The number of hydrogen-bond acceptors (Lipinski definition) is 4. The Balaban J connectivity index is 1.75. The van der Waals surface area contributed by atoms with E-state index in [1.165, 1.54) is 24.1 Å². The predicted octanol–water partition coefficient (Wildman–Crippen LogP) is 3.38. The summed E-state index contributed by atoms with van der Waals surface area (Å²) in [5.41, 5.74) is 0.746. The number of hydrogen-bond donors (Lipinski definition) is 1. The number of nitrogens with one attached hydrogen (secondary N) is 1. The van der Waals surface area contributed by atoms with Gasteiger partial charge in [-0.1, -0.05) is 0 Å². The predicted molar refractivity (Wildman–Crippen MR) is 91.6 cm³/mol. The lowest BCUT2D eigenvalue weighted by Crippen LogP contribution is -2.65. The number of rotatable bonds is 2. The Morgan fingerprint density at radius 1 is 1.31 bits per heavy atom. The van der Waals surface area contributed by atoms with E-state index in [4.69, 9.17) is 9.47 Å². The molecule has 1 saturated heterocycles. The van der Waals surface area contributed by atoms with Crippen LogP contribution in [0.4, 0.5) is 14.9 Å². The minimum absolute atomic E-state index is 0.294. The number of halogens is 1. The van der Waals surface area contributed by atoms with Gasteiger partial charge in [0, 0.05) is 17.7 Å². The SMILES string of the molecule is COC(=O)c1ccc2c(c1)[C@@H]1C[C@@](C)(O2)N(c2ccc(F)cc2)C(=O)N1. The molecule has 2 bridgehead atoms. The molecule has 0 aromatic heterocycles. The van der Waals surface area contributed by atoms with Crippen molar-refractivity contribution in [1.82, 2.24) is 5.32 Å². The molecule has 26 heavy (non-hydrogen) atoms. The first kappa shape index (κ1) is 16.4. The third-order valence-corrected chi connectivity index (χ3v) is 4.78. The van der Waals surface area contributed by atoms with E-state index in [0.29, 0.717) is 23.4 Å². The average Bonchev–Trinajstić information content (AvgIpc) is 2.61. The fraction of sp³-hybridized carbons (Fsp3) is 0.263. The number of benzene rings is 2. The van der Waals surface area contributed by atoms with Crippen LogP contribution in [0.3, 0.4) is 0 Å². The van der Waals surface area contributed by atoms with Gasteiger partial charge in [-0.25, -0.2) is 14.0 Å². The highest BCUT2D eigenvalue weighted by molar-refractivity contribution is 5.95. The van der Waals surface area contributed by atoms with Crippen LogP contribution >= 0.6 is 0 Å². The van der Waals surface area contributed by atoms with Gasteiger partial charge in [-0.15, -0.1) is 0 Å². The smallest absolute Gasteiger partial charge is 0.337 e. The molecule has 2 aliphatic heterocycles. The zero-order chi connectivity index (χ0) is 18.5. The maximum Gasteiger partial charge on any atom is 0.337 e. The Morgan fingerprint density at radius 3 is 2.73 bits per heavy atom. The van der Waals surface area contributed by atoms with Gasteiger partial charge < -0.3 is 14.8 Å². The normalized spacial score (nSPS) is 23.6. The summed E-state index contributed by atoms with van der Waals surface area (Å²) in [6.45, 7) is 1.82. The van der Waals surface area contributed by atoms with E-state index >= 15 is 0 Å². The van der Waals surface area contributed by atoms with Gasteiger partial charge in [0.25, 0.3) is 0 Å². The molecule has 2 aromatic rings. The van der Waals surface area contributed by atoms with E-state index in [-0.39, 0.29) is 17.9 Å². The van der Waals surface area contributed by atoms with Gasteiger partial charge in [-0.05, 0) is 49.4 Å². The Labute approximate surface area is 149 Å². The molecule has 2 amide bonds. The van der Waals surface area contributed by atoms with Gasteiger partial charge in [-0.2, -0.15) is 0 Å². The summed E-state index contributed by atoms with van der Waals surface area (Å²) in [6.07, 6.45) is 0.480. The van der Waals surface area contributed by atoms with Crippen LogP contribution in [0.15, 0.2) is 42.5 Å². The molecule has 0 radical (unpaired) electrons. The zero-order valence-corrected chi connectivity index (χ0v) is 14.3. The first-order valence-corrected chi connectivity index (χ1v) is 8.19. The summed E-state index contributed by atoms with van der Waals surface area (Å²) >= 11 is 0. The van der Waals surface area contributed by atoms with Gasteiger partial charge in [0.2, 0.25) is 0 Å². The highest BCUT2D eigenvalue weighted by Crippen LogP contribution is 2.45. The third-order valence-electron chi connectivity index (χ3n) is 4.78. The number of esters is 1. The second-order valence-electron chi connectivity index (χ2n) is 6.54. The van der Waals surface area contributed by atoms with Gasteiger partial charge in [0.1, 0.15) is 11.6 Å². The van der Waals surface area contributed by atoms with E-state index in [1.54, 1.807) is 30.3 Å². The Kier molecular flexibility index (Phi) is 3.61. The summed E-state index contributed by atoms with van der Waals surface area (Å²) in [4.78, 5) is 26.0. The Morgan fingerprint density at radius 2 is 2.04 bits per heavy atom. The van der Waals surface area contributed by atoms with Crippen molar-refractivity contribution in [3.63, 3.8) is 0 Å². The number of nitrogens with zero attached hydrogens (tertiary/aromatic N) is 1. The summed E-state index contributed by atoms with van der Waals surface area (Å²) in [6, 6.07) is 10.1. The molecule has 2 aromatic carbocycles. The van der Waals surface area contributed by atoms with E-state index in [9.17, 15) is 14.0 Å². The molecule has 6 nitrogen and oxygen atoms in total. The molecular formula is C19H17FN2O4. The monoisotopic (exact) mass is 356 g/mol. The maximum absolute atomic E-state index is 13.2. The highest BCUT2D eigenvalue weighted by Gasteiger charge is 2.49. The number of methoxy groups -OCH3 is 1.